The molecule has 0 aliphatic rings. The fraction of sp³-hybridized carbons (Fsp3) is 0.200. The van der Waals surface area contributed by atoms with Crippen LogP contribution in [0, 0.1) is 0 Å². The second-order valence-corrected chi connectivity index (χ2v) is 5.74. The van der Waals surface area contributed by atoms with Crippen LogP contribution in [0.5, 0.6) is 0 Å². The van der Waals surface area contributed by atoms with E-state index in [0.29, 0.717) is 12.1 Å². The lowest BCUT2D eigenvalue weighted by Gasteiger charge is -1.99. The number of aryl methyl sites for hydroxylation is 1. The average molecular weight is 285 g/mol. The van der Waals surface area contributed by atoms with Crippen LogP contribution < -0.4 is 0 Å². The first kappa shape index (κ1) is 10.6. The number of thiophene rings is 1. The molecule has 0 aliphatic heterocycles. The van der Waals surface area contributed by atoms with Gasteiger partial charge in [-0.1, -0.05) is 0 Å². The summed E-state index contributed by atoms with van der Waals surface area (Å²) in [6, 6.07) is 3.92. The molecule has 0 amide bonds. The molecule has 3 nitrogen and oxygen atoms in total. The molecule has 2 rings (SSSR count). The van der Waals surface area contributed by atoms with Gasteiger partial charge in [-0.3, -0.25) is 4.79 Å². The van der Waals surface area contributed by atoms with Gasteiger partial charge in [0.25, 0.3) is 0 Å². The monoisotopic (exact) mass is 284 g/mol. The molecule has 0 fully saturated rings. The standard InChI is InChI=1S/C10H9BrN2OS/c1-13-6-12-5-8(13)9(14)4-7-2-3-10(11)15-7/h2-3,5-6H,4H2,1H3. The van der Waals surface area contributed by atoms with Gasteiger partial charge in [0.15, 0.2) is 5.78 Å². The van der Waals surface area contributed by atoms with Crippen molar-refractivity contribution in [2.75, 3.05) is 0 Å². The molecule has 0 saturated carbocycles. The summed E-state index contributed by atoms with van der Waals surface area (Å²) in [6.45, 7) is 0. The van der Waals surface area contributed by atoms with Crippen molar-refractivity contribution in [1.82, 2.24) is 9.55 Å². The molecule has 0 spiro atoms. The van der Waals surface area contributed by atoms with Crippen LogP contribution in [0.15, 0.2) is 28.4 Å². The maximum absolute atomic E-state index is 11.8. The Labute approximate surface area is 99.9 Å². The summed E-state index contributed by atoms with van der Waals surface area (Å²) in [5, 5.41) is 0. The fourth-order valence-corrected chi connectivity index (χ4v) is 2.80. The summed E-state index contributed by atoms with van der Waals surface area (Å²) in [5.41, 5.74) is 0.652. The highest BCUT2D eigenvalue weighted by molar-refractivity contribution is 9.11. The van der Waals surface area contributed by atoms with Crippen molar-refractivity contribution in [3.63, 3.8) is 0 Å². The van der Waals surface area contributed by atoms with Gasteiger partial charge in [-0.05, 0) is 28.1 Å². The van der Waals surface area contributed by atoms with Crippen LogP contribution in [-0.4, -0.2) is 15.3 Å². The van der Waals surface area contributed by atoms with E-state index in [9.17, 15) is 4.79 Å². The molecule has 15 heavy (non-hydrogen) atoms. The van der Waals surface area contributed by atoms with Gasteiger partial charge in [-0.2, -0.15) is 0 Å². The Kier molecular flexibility index (Phi) is 3.02. The molecule has 0 bridgehead atoms. The summed E-state index contributed by atoms with van der Waals surface area (Å²) in [5.74, 6) is 0.101. The lowest BCUT2D eigenvalue weighted by molar-refractivity contribution is 0.0986. The molecule has 5 heteroatoms. The smallest absolute Gasteiger partial charge is 0.186 e. The molecule has 2 aromatic rings. The molecule has 0 unspecified atom stereocenters. The number of hydrogen-bond donors (Lipinski definition) is 0. The number of aromatic nitrogens is 2. The number of ketones is 1. The number of Topliss-reactive ketones (excluding diaryl/α,β-unsaturated/α-hetero) is 1. The molecular weight excluding hydrogens is 276 g/mol. The SMILES string of the molecule is Cn1cncc1C(=O)Cc1ccc(Br)s1. The van der Waals surface area contributed by atoms with Gasteiger partial charge in [-0.25, -0.2) is 4.98 Å². The van der Waals surface area contributed by atoms with Crippen LogP contribution in [0.2, 0.25) is 0 Å². The zero-order valence-electron chi connectivity index (χ0n) is 8.11. The highest BCUT2D eigenvalue weighted by atomic mass is 79.9. The van der Waals surface area contributed by atoms with Gasteiger partial charge < -0.3 is 4.57 Å². The van der Waals surface area contributed by atoms with Crippen molar-refractivity contribution in [2.24, 2.45) is 7.05 Å². The quantitative estimate of drug-likeness (QED) is 0.813. The summed E-state index contributed by atoms with van der Waals surface area (Å²) >= 11 is 4.96. The van der Waals surface area contributed by atoms with E-state index >= 15 is 0 Å². The number of carbonyl (C=O) groups excluding carboxylic acids is 1. The number of carbonyl (C=O) groups is 1. The van der Waals surface area contributed by atoms with Crippen molar-refractivity contribution in [1.29, 1.82) is 0 Å². The zero-order valence-corrected chi connectivity index (χ0v) is 10.5. The maximum atomic E-state index is 11.8. The summed E-state index contributed by atoms with van der Waals surface area (Å²) < 4.78 is 2.79. The van der Waals surface area contributed by atoms with Crippen LogP contribution in [0.25, 0.3) is 0 Å². The topological polar surface area (TPSA) is 34.9 Å². The zero-order chi connectivity index (χ0) is 10.8. The van der Waals surface area contributed by atoms with E-state index < -0.39 is 0 Å². The molecule has 2 aromatic heterocycles. The van der Waals surface area contributed by atoms with Crippen molar-refractivity contribution < 1.29 is 4.79 Å². The predicted octanol–water partition coefficient (Wildman–Crippen LogP) is 2.67. The average Bonchev–Trinajstić information content (AvgIpc) is 2.75. The first-order valence-corrected chi connectivity index (χ1v) is 6.01. The summed E-state index contributed by atoms with van der Waals surface area (Å²) in [4.78, 5) is 16.8. The maximum Gasteiger partial charge on any atom is 0.186 e. The number of imidazole rings is 1. The third-order valence-electron chi connectivity index (χ3n) is 2.07. The van der Waals surface area contributed by atoms with Gasteiger partial charge >= 0.3 is 0 Å². The van der Waals surface area contributed by atoms with Crippen molar-refractivity contribution in [2.45, 2.75) is 6.42 Å². The summed E-state index contributed by atoms with van der Waals surface area (Å²) in [7, 11) is 1.82. The fourth-order valence-electron chi connectivity index (χ4n) is 1.32. The minimum Gasteiger partial charge on any atom is -0.331 e. The summed E-state index contributed by atoms with van der Waals surface area (Å²) in [6.07, 6.45) is 3.68. The Hall–Kier alpha value is -0.940. The number of hydrogen-bond acceptors (Lipinski definition) is 3. The number of nitrogens with zero attached hydrogens (tertiary/aromatic N) is 2. The lowest BCUT2D eigenvalue weighted by Crippen LogP contribution is -2.07. The van der Waals surface area contributed by atoms with E-state index in [-0.39, 0.29) is 5.78 Å². The second kappa shape index (κ2) is 4.28. The van der Waals surface area contributed by atoms with Gasteiger partial charge in [0, 0.05) is 18.3 Å². The first-order valence-electron chi connectivity index (χ1n) is 4.40. The molecule has 0 radical (unpaired) electrons. The van der Waals surface area contributed by atoms with E-state index in [0.717, 1.165) is 8.66 Å². The lowest BCUT2D eigenvalue weighted by atomic mass is 10.2. The molecule has 0 aromatic carbocycles. The van der Waals surface area contributed by atoms with Gasteiger partial charge in [-0.15, -0.1) is 11.3 Å². The predicted molar refractivity (Wildman–Crippen MR) is 63.3 cm³/mol. The normalized spacial score (nSPS) is 10.5. The Morgan fingerprint density at radius 2 is 2.40 bits per heavy atom. The Balaban J connectivity index is 2.14. The number of halogens is 1. The second-order valence-electron chi connectivity index (χ2n) is 3.20. The van der Waals surface area contributed by atoms with Crippen LogP contribution >= 0.6 is 27.3 Å². The Morgan fingerprint density at radius 3 is 2.93 bits per heavy atom. The van der Waals surface area contributed by atoms with Crippen LogP contribution in [0.4, 0.5) is 0 Å². The molecule has 0 aliphatic carbocycles. The van der Waals surface area contributed by atoms with Crippen LogP contribution in [0.3, 0.4) is 0 Å². The largest absolute Gasteiger partial charge is 0.331 e. The third kappa shape index (κ3) is 2.35. The van der Waals surface area contributed by atoms with Crippen molar-refractivity contribution in [3.8, 4) is 0 Å². The number of rotatable bonds is 3. The van der Waals surface area contributed by atoms with E-state index in [2.05, 4.69) is 20.9 Å². The third-order valence-corrected chi connectivity index (χ3v) is 3.69. The van der Waals surface area contributed by atoms with Crippen molar-refractivity contribution in [3.05, 3.63) is 39.0 Å². The molecule has 78 valence electrons. The van der Waals surface area contributed by atoms with Crippen LogP contribution in [0.1, 0.15) is 15.4 Å². The molecule has 0 N–H and O–H groups in total. The first-order chi connectivity index (χ1) is 7.16. The van der Waals surface area contributed by atoms with E-state index in [4.69, 9.17) is 0 Å². The minimum absolute atomic E-state index is 0.101. The van der Waals surface area contributed by atoms with Crippen LogP contribution in [-0.2, 0) is 13.5 Å². The molecule has 2 heterocycles. The highest BCUT2D eigenvalue weighted by Gasteiger charge is 2.11. The molecular formula is C10H9BrN2OS. The minimum atomic E-state index is 0.101. The Morgan fingerprint density at radius 1 is 1.60 bits per heavy atom. The van der Waals surface area contributed by atoms with Gasteiger partial charge in [0.05, 0.1) is 16.3 Å². The van der Waals surface area contributed by atoms with Gasteiger partial charge in [0.2, 0.25) is 0 Å². The van der Waals surface area contributed by atoms with Gasteiger partial charge in [0.1, 0.15) is 5.69 Å². The Bertz CT molecular complexity index is 489. The van der Waals surface area contributed by atoms with E-state index in [1.54, 1.807) is 28.4 Å². The van der Waals surface area contributed by atoms with E-state index in [1.807, 2.05) is 19.2 Å². The highest BCUT2D eigenvalue weighted by Crippen LogP contribution is 2.23. The van der Waals surface area contributed by atoms with E-state index in [1.165, 1.54) is 0 Å². The molecule has 0 atom stereocenters. The van der Waals surface area contributed by atoms with Crippen molar-refractivity contribution >= 4 is 33.0 Å². The molecule has 0 saturated heterocycles.